The first-order valence-electron chi connectivity index (χ1n) is 14.3. The molecule has 216 valence electrons. The van der Waals surface area contributed by atoms with Gasteiger partial charge in [-0.25, -0.2) is 9.97 Å². The van der Waals surface area contributed by atoms with Crippen molar-refractivity contribution in [1.82, 2.24) is 49.9 Å². The first-order valence-corrected chi connectivity index (χ1v) is 14.3. The maximum Gasteiger partial charge on any atom is 0.244 e. The molecule has 1 fully saturated rings. The molecule has 0 unspecified atom stereocenters. The first-order chi connectivity index (χ1) is 20.5. The highest BCUT2D eigenvalue weighted by molar-refractivity contribution is 5.79. The number of anilines is 1. The van der Waals surface area contributed by atoms with Gasteiger partial charge in [-0.05, 0) is 24.0 Å². The number of hydrogen-bond acceptors (Lipinski definition) is 9. The maximum atomic E-state index is 13.2. The molecule has 0 radical (unpaired) electrons. The van der Waals surface area contributed by atoms with E-state index in [0.29, 0.717) is 45.1 Å². The number of carbonyl (C=O) groups is 2. The Kier molecular flexibility index (Phi) is 6.86. The minimum absolute atomic E-state index is 0.0348. The fraction of sp³-hybridized carbons (Fsp3) is 0.414. The van der Waals surface area contributed by atoms with Crippen molar-refractivity contribution in [2.75, 3.05) is 38.5 Å². The van der Waals surface area contributed by atoms with Crippen molar-refractivity contribution >= 4 is 17.8 Å². The molecular weight excluding hydrogens is 534 g/mol. The zero-order valence-corrected chi connectivity index (χ0v) is 23.5. The third-order valence-electron chi connectivity index (χ3n) is 8.41. The van der Waals surface area contributed by atoms with Gasteiger partial charge in [0.15, 0.2) is 0 Å². The molecule has 13 nitrogen and oxygen atoms in total. The van der Waals surface area contributed by atoms with Crippen molar-refractivity contribution in [3.8, 4) is 11.1 Å². The summed E-state index contributed by atoms with van der Waals surface area (Å²) in [7, 11) is 1.82. The van der Waals surface area contributed by atoms with Gasteiger partial charge in [-0.15, -0.1) is 0 Å². The van der Waals surface area contributed by atoms with E-state index in [1.165, 1.54) is 11.1 Å². The van der Waals surface area contributed by atoms with Gasteiger partial charge in [0.1, 0.15) is 12.2 Å². The first kappa shape index (κ1) is 26.3. The second-order valence-electron chi connectivity index (χ2n) is 11.3. The lowest BCUT2D eigenvalue weighted by Gasteiger charge is -2.31. The highest BCUT2D eigenvalue weighted by Gasteiger charge is 2.27. The van der Waals surface area contributed by atoms with Gasteiger partial charge in [-0.2, -0.15) is 20.5 Å². The van der Waals surface area contributed by atoms with Crippen LogP contribution in [0.2, 0.25) is 0 Å². The number of fused-ring (bicyclic) bond motifs is 2. The van der Waals surface area contributed by atoms with E-state index in [4.69, 9.17) is 5.10 Å². The number of H-pyrrole nitrogens is 1. The quantitative estimate of drug-likeness (QED) is 0.333. The SMILES string of the molecule is CN1CCN(Cc2nn(CC(=O)N3CCc4n[nH]nc4C3)cc2-c2cnc(NC3Cc4ccccc4C3)nc2)CC1=O. The Morgan fingerprint density at radius 1 is 1.02 bits per heavy atom. The lowest BCUT2D eigenvalue weighted by Crippen LogP contribution is -2.48. The number of hydrogen-bond donors (Lipinski definition) is 2. The summed E-state index contributed by atoms with van der Waals surface area (Å²) in [6.07, 6.45) is 8.06. The molecule has 2 N–H and O–H groups in total. The average Bonchev–Trinajstić information content (AvgIpc) is 3.73. The molecule has 2 amide bonds. The smallest absolute Gasteiger partial charge is 0.244 e. The van der Waals surface area contributed by atoms with Gasteiger partial charge < -0.3 is 15.1 Å². The molecule has 7 rings (SSSR count). The van der Waals surface area contributed by atoms with Gasteiger partial charge >= 0.3 is 0 Å². The molecule has 2 aliphatic heterocycles. The molecular formula is C29H33N11O2. The Labute approximate surface area is 242 Å². The van der Waals surface area contributed by atoms with Crippen LogP contribution in [-0.4, -0.2) is 101 Å². The molecule has 1 saturated heterocycles. The number of benzene rings is 1. The van der Waals surface area contributed by atoms with Crippen LogP contribution in [0.25, 0.3) is 11.1 Å². The van der Waals surface area contributed by atoms with Crippen LogP contribution in [0.1, 0.15) is 28.2 Å². The summed E-state index contributed by atoms with van der Waals surface area (Å²) in [6, 6.07) is 8.77. The summed E-state index contributed by atoms with van der Waals surface area (Å²) < 4.78 is 1.69. The Bertz CT molecular complexity index is 1590. The number of aromatic amines is 1. The van der Waals surface area contributed by atoms with E-state index >= 15 is 0 Å². The molecule has 13 heteroatoms. The Hall–Kier alpha value is -4.65. The number of aromatic nitrogens is 7. The Morgan fingerprint density at radius 2 is 1.79 bits per heavy atom. The van der Waals surface area contributed by atoms with Crippen LogP contribution in [0.5, 0.6) is 0 Å². The highest BCUT2D eigenvalue weighted by atomic mass is 16.2. The molecule has 0 atom stereocenters. The molecule has 1 aromatic carbocycles. The maximum absolute atomic E-state index is 13.2. The predicted molar refractivity (Wildman–Crippen MR) is 153 cm³/mol. The largest absolute Gasteiger partial charge is 0.351 e. The summed E-state index contributed by atoms with van der Waals surface area (Å²) in [4.78, 5) is 40.5. The minimum Gasteiger partial charge on any atom is -0.351 e. The van der Waals surface area contributed by atoms with Crippen LogP contribution in [0.3, 0.4) is 0 Å². The van der Waals surface area contributed by atoms with E-state index in [1.54, 1.807) is 26.9 Å². The van der Waals surface area contributed by atoms with Gasteiger partial charge in [-0.3, -0.25) is 19.2 Å². The van der Waals surface area contributed by atoms with Crippen LogP contribution in [0.4, 0.5) is 5.95 Å². The molecule has 4 aromatic rings. The van der Waals surface area contributed by atoms with Gasteiger partial charge in [0.2, 0.25) is 17.8 Å². The van der Waals surface area contributed by atoms with Crippen molar-refractivity contribution < 1.29 is 9.59 Å². The van der Waals surface area contributed by atoms with Crippen LogP contribution < -0.4 is 5.32 Å². The summed E-state index contributed by atoms with van der Waals surface area (Å²) in [6.45, 7) is 3.37. The lowest BCUT2D eigenvalue weighted by atomic mass is 10.1. The van der Waals surface area contributed by atoms with Crippen LogP contribution in [-0.2, 0) is 48.5 Å². The fourth-order valence-electron chi connectivity index (χ4n) is 5.99. The number of amides is 2. The lowest BCUT2D eigenvalue weighted by molar-refractivity contribution is -0.134. The molecule has 3 aliphatic rings. The van der Waals surface area contributed by atoms with Gasteiger partial charge in [0.25, 0.3) is 0 Å². The van der Waals surface area contributed by atoms with Crippen molar-refractivity contribution in [2.24, 2.45) is 0 Å². The molecule has 1 aliphatic carbocycles. The molecule has 0 saturated carbocycles. The average molecular weight is 568 g/mol. The Balaban J connectivity index is 1.09. The van der Waals surface area contributed by atoms with Crippen LogP contribution in [0.15, 0.2) is 42.9 Å². The second kappa shape index (κ2) is 11.0. The molecule has 0 bridgehead atoms. The molecule has 0 spiro atoms. The number of nitrogens with one attached hydrogen (secondary N) is 2. The third kappa shape index (κ3) is 5.34. The summed E-state index contributed by atoms with van der Waals surface area (Å²) in [5, 5.41) is 19.3. The molecule has 42 heavy (non-hydrogen) atoms. The minimum atomic E-state index is -0.0348. The Morgan fingerprint density at radius 3 is 2.55 bits per heavy atom. The fourth-order valence-corrected chi connectivity index (χ4v) is 5.99. The molecule has 3 aromatic heterocycles. The van der Waals surface area contributed by atoms with E-state index in [2.05, 4.69) is 59.9 Å². The predicted octanol–water partition coefficient (Wildman–Crippen LogP) is 0.896. The van der Waals surface area contributed by atoms with Crippen molar-refractivity contribution in [1.29, 1.82) is 0 Å². The number of carbonyl (C=O) groups excluding carboxylic acids is 2. The zero-order valence-electron chi connectivity index (χ0n) is 23.5. The van der Waals surface area contributed by atoms with E-state index < -0.39 is 0 Å². The third-order valence-corrected chi connectivity index (χ3v) is 8.41. The number of likely N-dealkylation sites (N-methyl/N-ethyl adjacent to an activating group) is 1. The van der Waals surface area contributed by atoms with Crippen molar-refractivity contribution in [2.45, 2.75) is 44.9 Å². The van der Waals surface area contributed by atoms with E-state index in [0.717, 1.165) is 47.6 Å². The highest BCUT2D eigenvalue weighted by Crippen LogP contribution is 2.26. The second-order valence-corrected chi connectivity index (χ2v) is 11.3. The summed E-state index contributed by atoms with van der Waals surface area (Å²) >= 11 is 0. The van der Waals surface area contributed by atoms with Crippen LogP contribution in [0, 0.1) is 0 Å². The monoisotopic (exact) mass is 567 g/mol. The zero-order chi connectivity index (χ0) is 28.6. The normalized spacial score (nSPS) is 17.4. The van der Waals surface area contributed by atoms with Crippen molar-refractivity contribution in [3.63, 3.8) is 0 Å². The van der Waals surface area contributed by atoms with E-state index in [-0.39, 0.29) is 24.4 Å². The van der Waals surface area contributed by atoms with E-state index in [9.17, 15) is 9.59 Å². The van der Waals surface area contributed by atoms with Crippen molar-refractivity contribution in [3.05, 3.63) is 71.1 Å². The summed E-state index contributed by atoms with van der Waals surface area (Å²) in [5.41, 5.74) is 6.91. The standard InChI is InChI=1S/C29H33N11O2/c1-37-8-9-38(17-27(37)41)15-25-23(14-40(35-25)18-28(42)39-7-6-24-26(16-39)34-36-33-24)21-12-30-29(31-13-21)32-22-10-19-4-2-3-5-20(19)11-22/h2-5,12-14,22H,6-11,15-18H2,1H3,(H,30,31,32)(H,33,34,36). The number of piperazine rings is 1. The number of rotatable bonds is 7. The van der Waals surface area contributed by atoms with Crippen LogP contribution >= 0.6 is 0 Å². The van der Waals surface area contributed by atoms with Gasteiger partial charge in [0, 0.05) is 75.4 Å². The molecule has 5 heterocycles. The van der Waals surface area contributed by atoms with E-state index in [1.807, 2.05) is 13.2 Å². The summed E-state index contributed by atoms with van der Waals surface area (Å²) in [5.74, 6) is 0.637. The number of nitrogens with zero attached hydrogens (tertiary/aromatic N) is 9. The van der Waals surface area contributed by atoms with Gasteiger partial charge in [-0.1, -0.05) is 24.3 Å². The topological polar surface area (TPSA) is 141 Å². The van der Waals surface area contributed by atoms with Gasteiger partial charge in [0.05, 0.1) is 24.5 Å².